The number of carbonyl (C=O) groups excluding carboxylic acids is 1. The van der Waals surface area contributed by atoms with Gasteiger partial charge in [-0.3, -0.25) is 4.79 Å². The van der Waals surface area contributed by atoms with Crippen LogP contribution >= 0.6 is 11.8 Å². The monoisotopic (exact) mass is 315 g/mol. The number of ether oxygens (including phenoxy) is 1. The van der Waals surface area contributed by atoms with E-state index >= 15 is 0 Å². The smallest absolute Gasteiger partial charge is 0.273 e. The zero-order valence-electron chi connectivity index (χ0n) is 11.2. The summed E-state index contributed by atoms with van der Waals surface area (Å²) in [6, 6.07) is 6.74. The summed E-state index contributed by atoms with van der Waals surface area (Å²) in [4.78, 5) is 13.7. The molecule has 1 heterocycles. The van der Waals surface area contributed by atoms with Crippen LogP contribution in [0.3, 0.4) is 0 Å². The Morgan fingerprint density at radius 1 is 1.60 bits per heavy atom. The largest absolute Gasteiger partial charge is 0.616 e. The van der Waals surface area contributed by atoms with Crippen molar-refractivity contribution < 1.29 is 19.2 Å². The fraction of sp³-hybridized carbons (Fsp3) is 0.462. The molecule has 0 bridgehead atoms. The van der Waals surface area contributed by atoms with Crippen molar-refractivity contribution in [3.05, 3.63) is 24.3 Å². The van der Waals surface area contributed by atoms with Gasteiger partial charge in [-0.15, -0.1) is 11.8 Å². The number of aromatic hydroxyl groups is 1. The number of para-hydroxylation sites is 2. The molecule has 0 aromatic heterocycles. The molecule has 0 unspecified atom stereocenters. The highest BCUT2D eigenvalue weighted by atomic mass is 32.2. The molecular weight excluding hydrogens is 298 g/mol. The van der Waals surface area contributed by atoms with Gasteiger partial charge in [0.2, 0.25) is 0 Å². The van der Waals surface area contributed by atoms with E-state index in [0.717, 1.165) is 5.75 Å². The average Bonchev–Trinajstić information content (AvgIpc) is 2.85. The van der Waals surface area contributed by atoms with E-state index in [1.54, 1.807) is 40.9 Å². The van der Waals surface area contributed by atoms with Crippen LogP contribution in [-0.4, -0.2) is 56.8 Å². The van der Waals surface area contributed by atoms with E-state index in [0.29, 0.717) is 18.9 Å². The molecular formula is C13H17NO4S2. The Labute approximate surface area is 125 Å². The van der Waals surface area contributed by atoms with Crippen molar-refractivity contribution in [1.29, 1.82) is 0 Å². The lowest BCUT2D eigenvalue weighted by atomic mass is 10.3. The fourth-order valence-corrected chi connectivity index (χ4v) is 3.60. The summed E-state index contributed by atoms with van der Waals surface area (Å²) in [5.41, 5.74) is 0. The molecule has 20 heavy (non-hydrogen) atoms. The van der Waals surface area contributed by atoms with Gasteiger partial charge in [0.1, 0.15) is 12.0 Å². The maximum atomic E-state index is 12.0. The van der Waals surface area contributed by atoms with Gasteiger partial charge < -0.3 is 19.3 Å². The highest BCUT2D eigenvalue weighted by molar-refractivity contribution is 8.00. The number of thioether (sulfide) groups is 1. The molecule has 1 fully saturated rings. The summed E-state index contributed by atoms with van der Waals surface area (Å²) in [5, 5.41) is 9.53. The van der Waals surface area contributed by atoms with Crippen LogP contribution in [-0.2, 0) is 16.0 Å². The molecule has 2 atom stereocenters. The minimum atomic E-state index is -1.13. The molecule has 0 radical (unpaired) electrons. The second-order valence-electron chi connectivity index (χ2n) is 4.41. The molecule has 1 aromatic carbocycles. The van der Waals surface area contributed by atoms with Gasteiger partial charge >= 0.3 is 0 Å². The van der Waals surface area contributed by atoms with Crippen LogP contribution in [0.1, 0.15) is 0 Å². The molecule has 110 valence electrons. The first kappa shape index (κ1) is 15.3. The summed E-state index contributed by atoms with van der Waals surface area (Å²) in [6.07, 6.45) is 1.52. The maximum absolute atomic E-state index is 12.0. The van der Waals surface area contributed by atoms with Gasteiger partial charge in [-0.2, -0.15) is 0 Å². The zero-order chi connectivity index (χ0) is 14.5. The summed E-state index contributed by atoms with van der Waals surface area (Å²) in [6.45, 7) is 0.958. The number of nitrogens with zero attached hydrogens (tertiary/aromatic N) is 1. The van der Waals surface area contributed by atoms with Gasteiger partial charge in [-0.25, -0.2) is 0 Å². The Kier molecular flexibility index (Phi) is 5.45. The normalized spacial score (nSPS) is 19.9. The van der Waals surface area contributed by atoms with E-state index < -0.39 is 11.2 Å². The van der Waals surface area contributed by atoms with Gasteiger partial charge in [0, 0.05) is 12.3 Å². The van der Waals surface area contributed by atoms with Crippen LogP contribution in [0.2, 0.25) is 0 Å². The summed E-state index contributed by atoms with van der Waals surface area (Å²) < 4.78 is 16.7. The third-order valence-electron chi connectivity index (χ3n) is 2.88. The molecule has 0 aliphatic carbocycles. The van der Waals surface area contributed by atoms with Crippen LogP contribution in [0, 0.1) is 0 Å². The Hall–Kier alpha value is -1.05. The second-order valence-corrected chi connectivity index (χ2v) is 7.13. The van der Waals surface area contributed by atoms with Gasteiger partial charge in [-0.05, 0) is 23.3 Å². The molecule has 0 saturated carbocycles. The third kappa shape index (κ3) is 3.97. The standard InChI is InChI=1S/C13H17NO4S2/c1-20(17)9-12(16)14-6-7-19-13(14)8-18-11-5-3-2-4-10(11)15/h2-5,13,15H,6-9H2,1H3/t13-,20-/m0/s1. The average molecular weight is 315 g/mol. The fourth-order valence-electron chi connectivity index (χ4n) is 1.94. The predicted molar refractivity (Wildman–Crippen MR) is 80.5 cm³/mol. The minimum Gasteiger partial charge on any atom is -0.616 e. The first-order valence-corrected chi connectivity index (χ1v) is 8.97. The molecule has 1 aliphatic rings. The van der Waals surface area contributed by atoms with Crippen molar-refractivity contribution in [2.75, 3.05) is 30.9 Å². The molecule has 1 amide bonds. The van der Waals surface area contributed by atoms with Crippen molar-refractivity contribution in [2.24, 2.45) is 0 Å². The van der Waals surface area contributed by atoms with Crippen molar-refractivity contribution >= 4 is 28.8 Å². The lowest BCUT2D eigenvalue weighted by molar-refractivity contribution is -0.128. The van der Waals surface area contributed by atoms with Gasteiger partial charge in [0.15, 0.2) is 17.3 Å². The Morgan fingerprint density at radius 3 is 3.05 bits per heavy atom. The van der Waals surface area contributed by atoms with Crippen molar-refractivity contribution in [3.8, 4) is 11.5 Å². The Bertz CT molecular complexity index is 469. The van der Waals surface area contributed by atoms with E-state index in [9.17, 15) is 14.5 Å². The quantitative estimate of drug-likeness (QED) is 0.822. The van der Waals surface area contributed by atoms with Gasteiger partial charge in [0.25, 0.3) is 5.91 Å². The van der Waals surface area contributed by atoms with Crippen molar-refractivity contribution in [1.82, 2.24) is 4.90 Å². The lowest BCUT2D eigenvalue weighted by Gasteiger charge is -2.23. The Morgan fingerprint density at radius 2 is 2.35 bits per heavy atom. The third-order valence-corrected chi connectivity index (χ3v) is 4.73. The molecule has 2 rings (SSSR count). The predicted octanol–water partition coefficient (Wildman–Crippen LogP) is 1.05. The van der Waals surface area contributed by atoms with Crippen LogP contribution in [0.25, 0.3) is 0 Å². The number of carbonyl (C=O) groups is 1. The summed E-state index contributed by atoms with van der Waals surface area (Å²) in [5.74, 6) is 1.28. The summed E-state index contributed by atoms with van der Waals surface area (Å²) >= 11 is 0.499. The molecule has 5 nitrogen and oxygen atoms in total. The SMILES string of the molecule is C[S@+]([O-])CC(=O)N1CCS[C@H]1COc1ccccc1O. The van der Waals surface area contributed by atoms with E-state index in [-0.39, 0.29) is 22.8 Å². The molecule has 7 heteroatoms. The van der Waals surface area contributed by atoms with Crippen LogP contribution in [0.15, 0.2) is 24.3 Å². The minimum absolute atomic E-state index is 0.0493. The molecule has 1 saturated heterocycles. The number of hydrogen-bond acceptors (Lipinski definition) is 5. The van der Waals surface area contributed by atoms with Crippen LogP contribution in [0.4, 0.5) is 0 Å². The number of hydrogen-bond donors (Lipinski definition) is 1. The highest BCUT2D eigenvalue weighted by Gasteiger charge is 2.31. The lowest BCUT2D eigenvalue weighted by Crippen LogP contribution is -2.41. The number of rotatable bonds is 5. The molecule has 0 spiro atoms. The molecule has 1 N–H and O–H groups in total. The van der Waals surface area contributed by atoms with Crippen molar-refractivity contribution in [3.63, 3.8) is 0 Å². The number of phenols is 1. The van der Waals surface area contributed by atoms with E-state index in [2.05, 4.69) is 0 Å². The molecule has 1 aromatic rings. The maximum Gasteiger partial charge on any atom is 0.273 e. The number of benzene rings is 1. The summed E-state index contributed by atoms with van der Waals surface area (Å²) in [7, 11) is 0. The van der Waals surface area contributed by atoms with Gasteiger partial charge in [-0.1, -0.05) is 12.1 Å². The Balaban J connectivity index is 1.91. The van der Waals surface area contributed by atoms with E-state index in [4.69, 9.17) is 4.74 Å². The molecule has 1 aliphatic heterocycles. The first-order chi connectivity index (χ1) is 9.58. The topological polar surface area (TPSA) is 72.8 Å². The van der Waals surface area contributed by atoms with E-state index in [1.807, 2.05) is 0 Å². The highest BCUT2D eigenvalue weighted by Crippen LogP contribution is 2.28. The van der Waals surface area contributed by atoms with Crippen LogP contribution in [0.5, 0.6) is 11.5 Å². The van der Waals surface area contributed by atoms with Crippen LogP contribution < -0.4 is 4.74 Å². The van der Waals surface area contributed by atoms with Crippen molar-refractivity contribution in [2.45, 2.75) is 5.37 Å². The number of amides is 1. The number of phenolic OH excluding ortho intramolecular Hbond substituents is 1. The van der Waals surface area contributed by atoms with Gasteiger partial charge in [0.05, 0.1) is 6.26 Å². The van der Waals surface area contributed by atoms with E-state index in [1.165, 1.54) is 6.26 Å². The zero-order valence-corrected chi connectivity index (χ0v) is 12.8. The first-order valence-electron chi connectivity index (χ1n) is 6.20. The second kappa shape index (κ2) is 7.10.